The van der Waals surface area contributed by atoms with E-state index in [0.717, 1.165) is 0 Å². The average molecular weight is 640 g/mol. The molecular formula is C31H32F3N7O5. The lowest BCUT2D eigenvalue weighted by Crippen LogP contribution is -2.50. The van der Waals surface area contributed by atoms with Crippen LogP contribution in [0.5, 0.6) is 5.75 Å². The van der Waals surface area contributed by atoms with Crippen molar-refractivity contribution in [1.29, 1.82) is 0 Å². The maximum Gasteiger partial charge on any atom is 0.410 e. The molecule has 46 heavy (non-hydrogen) atoms. The summed E-state index contributed by atoms with van der Waals surface area (Å²) in [4.78, 5) is 38.2. The zero-order valence-electron chi connectivity index (χ0n) is 25.6. The Bertz CT molecular complexity index is 1670. The standard InChI is InChI=1S/C31H32F3N7O5/c1-31(2,3)46-30(43)40-11-9-39(10-12-40)26-8-6-19(15-36-26)22-13-25(44-4)24(14-23(22)32)41(18-42)17-21-7-5-20(16-35-21)28-37-38-29(45-28)27(33)34/h5-8,13-16,18,27H,9-12,17H2,1-4H3. The fourth-order valence-corrected chi connectivity index (χ4v) is 4.77. The highest BCUT2D eigenvalue weighted by atomic mass is 19.3. The van der Waals surface area contributed by atoms with Gasteiger partial charge < -0.3 is 28.6 Å². The fourth-order valence-electron chi connectivity index (χ4n) is 4.77. The third-order valence-electron chi connectivity index (χ3n) is 7.05. The lowest BCUT2D eigenvalue weighted by atomic mass is 10.0. The lowest BCUT2D eigenvalue weighted by Gasteiger charge is -2.36. The highest BCUT2D eigenvalue weighted by Gasteiger charge is 2.27. The largest absolute Gasteiger partial charge is 0.495 e. The Hall–Kier alpha value is -5.21. The van der Waals surface area contributed by atoms with Gasteiger partial charge in [-0.15, -0.1) is 10.2 Å². The number of rotatable bonds is 9. The topological polar surface area (TPSA) is 127 Å². The maximum atomic E-state index is 15.5. The molecule has 2 amide bonds. The molecule has 0 bridgehead atoms. The predicted molar refractivity (Wildman–Crippen MR) is 161 cm³/mol. The van der Waals surface area contributed by atoms with Crippen molar-refractivity contribution >= 4 is 24.0 Å². The molecule has 0 N–H and O–H groups in total. The van der Waals surface area contributed by atoms with Crippen LogP contribution in [0.15, 0.2) is 53.2 Å². The second-order valence-electron chi connectivity index (χ2n) is 11.4. The van der Waals surface area contributed by atoms with Crippen molar-refractivity contribution < 1.29 is 36.7 Å². The van der Waals surface area contributed by atoms with Crippen molar-refractivity contribution in [2.75, 3.05) is 43.1 Å². The minimum absolute atomic E-state index is 0.0392. The molecule has 5 rings (SSSR count). The number of ether oxygens (including phenoxy) is 2. The van der Waals surface area contributed by atoms with E-state index in [1.54, 1.807) is 29.3 Å². The normalized spacial score (nSPS) is 13.6. The summed E-state index contributed by atoms with van der Waals surface area (Å²) in [6.45, 7) is 7.55. The Morgan fingerprint density at radius 1 is 1.04 bits per heavy atom. The molecule has 15 heteroatoms. The SMILES string of the molecule is COc1cc(-c2ccc(N3CCN(C(=O)OC(C)(C)C)CC3)nc2)c(F)cc1N(C=O)Cc1ccc(-c2nnc(C(F)F)o2)cn1. The number of anilines is 2. The van der Waals surface area contributed by atoms with Crippen LogP contribution < -0.4 is 14.5 Å². The molecule has 1 saturated heterocycles. The zero-order valence-corrected chi connectivity index (χ0v) is 25.6. The van der Waals surface area contributed by atoms with Gasteiger partial charge in [0.1, 0.15) is 23.0 Å². The van der Waals surface area contributed by atoms with E-state index < -0.39 is 23.7 Å². The Balaban J connectivity index is 1.27. The Morgan fingerprint density at radius 3 is 2.33 bits per heavy atom. The summed E-state index contributed by atoms with van der Waals surface area (Å²) in [5.74, 6) is -0.587. The van der Waals surface area contributed by atoms with Crippen molar-refractivity contribution in [1.82, 2.24) is 25.1 Å². The zero-order chi connectivity index (χ0) is 33.0. The number of carbonyl (C=O) groups is 2. The van der Waals surface area contributed by atoms with Gasteiger partial charge in [0.15, 0.2) is 0 Å². The third kappa shape index (κ3) is 7.35. The number of aromatic nitrogens is 4. The molecule has 1 fully saturated rings. The van der Waals surface area contributed by atoms with E-state index in [1.165, 1.54) is 36.4 Å². The van der Waals surface area contributed by atoms with Gasteiger partial charge in [-0.1, -0.05) is 0 Å². The van der Waals surface area contributed by atoms with Gasteiger partial charge in [-0.25, -0.2) is 14.2 Å². The number of carbonyl (C=O) groups excluding carboxylic acids is 2. The van der Waals surface area contributed by atoms with E-state index in [-0.39, 0.29) is 35.5 Å². The van der Waals surface area contributed by atoms with Gasteiger partial charge in [-0.05, 0) is 51.1 Å². The third-order valence-corrected chi connectivity index (χ3v) is 7.05. The van der Waals surface area contributed by atoms with Crippen LogP contribution >= 0.6 is 0 Å². The van der Waals surface area contributed by atoms with E-state index in [1.807, 2.05) is 25.7 Å². The van der Waals surface area contributed by atoms with Crippen LogP contribution in [0.3, 0.4) is 0 Å². The summed E-state index contributed by atoms with van der Waals surface area (Å²) in [7, 11) is 1.41. The van der Waals surface area contributed by atoms with E-state index in [2.05, 4.69) is 20.2 Å². The summed E-state index contributed by atoms with van der Waals surface area (Å²) < 4.78 is 56.9. The van der Waals surface area contributed by atoms with Crippen LogP contribution in [-0.2, 0) is 16.1 Å². The molecule has 4 aromatic rings. The van der Waals surface area contributed by atoms with Gasteiger partial charge in [-0.3, -0.25) is 9.78 Å². The molecule has 0 spiro atoms. The lowest BCUT2D eigenvalue weighted by molar-refractivity contribution is -0.107. The molecule has 3 aromatic heterocycles. The van der Waals surface area contributed by atoms with E-state index >= 15 is 4.39 Å². The van der Waals surface area contributed by atoms with Crippen LogP contribution in [0, 0.1) is 5.82 Å². The molecule has 0 radical (unpaired) electrons. The van der Waals surface area contributed by atoms with Crippen LogP contribution in [0.4, 0.5) is 29.5 Å². The number of hydrogen-bond acceptors (Lipinski definition) is 10. The second kappa shape index (κ2) is 13.4. The number of piperazine rings is 1. The highest BCUT2D eigenvalue weighted by Crippen LogP contribution is 2.36. The first-order valence-corrected chi connectivity index (χ1v) is 14.3. The number of pyridine rings is 2. The number of amides is 2. The van der Waals surface area contributed by atoms with E-state index in [0.29, 0.717) is 55.2 Å². The minimum atomic E-state index is -2.90. The van der Waals surface area contributed by atoms with Crippen molar-refractivity contribution in [2.45, 2.75) is 39.3 Å². The Labute approximate surface area is 262 Å². The number of benzene rings is 1. The van der Waals surface area contributed by atoms with Gasteiger partial charge in [0.05, 0.1) is 30.6 Å². The molecule has 0 atom stereocenters. The Morgan fingerprint density at radius 2 is 1.76 bits per heavy atom. The molecular weight excluding hydrogens is 607 g/mol. The van der Waals surface area contributed by atoms with Crippen LogP contribution in [0.2, 0.25) is 0 Å². The molecule has 4 heterocycles. The summed E-state index contributed by atoms with van der Waals surface area (Å²) in [6.07, 6.45) is 0.188. The molecule has 1 aliphatic rings. The first-order valence-electron chi connectivity index (χ1n) is 14.3. The number of methoxy groups -OCH3 is 1. The van der Waals surface area contributed by atoms with Gasteiger partial charge in [0.2, 0.25) is 12.3 Å². The predicted octanol–water partition coefficient (Wildman–Crippen LogP) is 5.50. The van der Waals surface area contributed by atoms with Gasteiger partial charge in [0.25, 0.3) is 5.89 Å². The fraction of sp³-hybridized carbons (Fsp3) is 0.355. The molecule has 242 valence electrons. The van der Waals surface area contributed by atoms with E-state index in [4.69, 9.17) is 13.9 Å². The van der Waals surface area contributed by atoms with Crippen molar-refractivity contribution in [2.24, 2.45) is 0 Å². The first-order chi connectivity index (χ1) is 22.0. The molecule has 12 nitrogen and oxygen atoms in total. The smallest absolute Gasteiger partial charge is 0.410 e. The summed E-state index contributed by atoms with van der Waals surface area (Å²) in [5.41, 5.74) is 1.08. The number of halogens is 3. The van der Waals surface area contributed by atoms with Crippen LogP contribution in [-0.4, -0.2) is 76.5 Å². The first kappa shape index (κ1) is 32.2. The van der Waals surface area contributed by atoms with Gasteiger partial charge in [0, 0.05) is 55.8 Å². The Kier molecular flexibility index (Phi) is 9.39. The highest BCUT2D eigenvalue weighted by molar-refractivity contribution is 5.82. The van der Waals surface area contributed by atoms with Crippen molar-refractivity contribution in [3.05, 3.63) is 66.2 Å². The number of alkyl halides is 2. The monoisotopic (exact) mass is 639 g/mol. The van der Waals surface area contributed by atoms with Crippen molar-refractivity contribution in [3.63, 3.8) is 0 Å². The number of nitrogens with zero attached hydrogens (tertiary/aromatic N) is 7. The van der Waals surface area contributed by atoms with Crippen LogP contribution in [0.1, 0.15) is 38.8 Å². The minimum Gasteiger partial charge on any atom is -0.495 e. The second-order valence-corrected chi connectivity index (χ2v) is 11.4. The average Bonchev–Trinajstić information content (AvgIpc) is 3.54. The molecule has 0 saturated carbocycles. The van der Waals surface area contributed by atoms with E-state index in [9.17, 15) is 18.4 Å². The summed E-state index contributed by atoms with van der Waals surface area (Å²) in [5, 5.41) is 6.88. The van der Waals surface area contributed by atoms with Crippen molar-refractivity contribution in [3.8, 4) is 28.3 Å². The number of hydrogen-bond donors (Lipinski definition) is 0. The summed E-state index contributed by atoms with van der Waals surface area (Å²) in [6, 6.07) is 9.31. The summed E-state index contributed by atoms with van der Waals surface area (Å²) >= 11 is 0. The van der Waals surface area contributed by atoms with Gasteiger partial charge >= 0.3 is 12.5 Å². The maximum absolute atomic E-state index is 15.5. The van der Waals surface area contributed by atoms with Gasteiger partial charge in [-0.2, -0.15) is 8.78 Å². The molecule has 1 aliphatic heterocycles. The molecule has 0 aliphatic carbocycles. The quantitative estimate of drug-likeness (QED) is 0.217. The van der Waals surface area contributed by atoms with Crippen LogP contribution in [0.25, 0.3) is 22.6 Å². The molecule has 0 unspecified atom stereocenters. The molecule has 1 aromatic carbocycles.